The van der Waals surface area contributed by atoms with Crippen molar-refractivity contribution in [3.05, 3.63) is 28.2 Å². The molecular weight excluding hydrogens is 305 g/mol. The Morgan fingerprint density at radius 1 is 1.15 bits per heavy atom. The summed E-state index contributed by atoms with van der Waals surface area (Å²) in [6.07, 6.45) is -1.32. The van der Waals surface area contributed by atoms with Crippen LogP contribution < -0.4 is 10.1 Å². The normalized spacial score (nSPS) is 14.1. The molecule has 7 heteroatoms. The maximum absolute atomic E-state index is 9.74. The lowest BCUT2D eigenvalue weighted by Crippen LogP contribution is -2.37. The molecule has 0 fully saturated rings. The van der Waals surface area contributed by atoms with Crippen LogP contribution in [0.25, 0.3) is 0 Å². The van der Waals surface area contributed by atoms with Gasteiger partial charge in [-0.3, -0.25) is 0 Å². The van der Waals surface area contributed by atoms with Crippen molar-refractivity contribution in [2.75, 3.05) is 33.4 Å². The van der Waals surface area contributed by atoms with Gasteiger partial charge in [0.15, 0.2) is 0 Å². The van der Waals surface area contributed by atoms with Crippen molar-refractivity contribution >= 4 is 23.2 Å². The minimum atomic E-state index is -0.722. The highest BCUT2D eigenvalue weighted by Gasteiger charge is 2.09. The van der Waals surface area contributed by atoms with Gasteiger partial charge in [0.25, 0.3) is 0 Å². The van der Waals surface area contributed by atoms with Crippen LogP contribution in [-0.4, -0.2) is 55.8 Å². The van der Waals surface area contributed by atoms with Crippen LogP contribution >= 0.6 is 23.2 Å². The molecule has 1 aromatic carbocycles. The SMILES string of the molecule is COCC(O)CNCC(O)COc1cc(Cl)ccc1Cl. The molecule has 0 aromatic heterocycles. The van der Waals surface area contributed by atoms with Crippen LogP contribution in [0.1, 0.15) is 0 Å². The largest absolute Gasteiger partial charge is 0.489 e. The van der Waals surface area contributed by atoms with Gasteiger partial charge in [0, 0.05) is 31.3 Å². The summed E-state index contributed by atoms with van der Waals surface area (Å²) in [6, 6.07) is 4.88. The van der Waals surface area contributed by atoms with E-state index in [2.05, 4.69) is 5.32 Å². The summed E-state index contributed by atoms with van der Waals surface area (Å²) in [4.78, 5) is 0. The molecule has 1 aromatic rings. The van der Waals surface area contributed by atoms with Crippen molar-refractivity contribution in [2.24, 2.45) is 0 Å². The number of aliphatic hydroxyl groups is 2. The molecule has 0 saturated carbocycles. The van der Waals surface area contributed by atoms with E-state index in [1.165, 1.54) is 7.11 Å². The minimum absolute atomic E-state index is 0.0768. The van der Waals surface area contributed by atoms with Crippen LogP contribution in [0.4, 0.5) is 0 Å². The Labute approximate surface area is 128 Å². The van der Waals surface area contributed by atoms with Gasteiger partial charge in [-0.15, -0.1) is 0 Å². The van der Waals surface area contributed by atoms with E-state index >= 15 is 0 Å². The van der Waals surface area contributed by atoms with Crippen molar-refractivity contribution in [3.63, 3.8) is 0 Å². The number of rotatable bonds is 9. The Balaban J connectivity index is 2.26. The van der Waals surface area contributed by atoms with Crippen LogP contribution in [0.5, 0.6) is 5.75 Å². The smallest absolute Gasteiger partial charge is 0.139 e. The second-order valence-corrected chi connectivity index (χ2v) is 5.15. The third-order valence-corrected chi connectivity index (χ3v) is 2.99. The van der Waals surface area contributed by atoms with Gasteiger partial charge in [-0.25, -0.2) is 0 Å². The van der Waals surface area contributed by atoms with E-state index in [4.69, 9.17) is 32.7 Å². The first-order valence-corrected chi connectivity index (χ1v) is 6.92. The first-order valence-electron chi connectivity index (χ1n) is 6.16. The molecule has 1 rings (SSSR count). The van der Waals surface area contributed by atoms with Crippen molar-refractivity contribution in [1.29, 1.82) is 0 Å². The van der Waals surface area contributed by atoms with Gasteiger partial charge in [-0.05, 0) is 12.1 Å². The number of ether oxygens (including phenoxy) is 2. The predicted octanol–water partition coefficient (Wildman–Crippen LogP) is 1.33. The molecule has 0 aliphatic carbocycles. The van der Waals surface area contributed by atoms with Crippen LogP contribution in [0.15, 0.2) is 18.2 Å². The zero-order valence-corrected chi connectivity index (χ0v) is 12.7. The lowest BCUT2D eigenvalue weighted by Gasteiger charge is -2.15. The van der Waals surface area contributed by atoms with Crippen molar-refractivity contribution in [2.45, 2.75) is 12.2 Å². The Morgan fingerprint density at radius 2 is 1.80 bits per heavy atom. The molecule has 3 N–H and O–H groups in total. The molecule has 0 bridgehead atoms. The summed E-state index contributed by atoms with van der Waals surface area (Å²) in [5.41, 5.74) is 0. The van der Waals surface area contributed by atoms with Crippen LogP contribution in [0.3, 0.4) is 0 Å². The molecule has 0 saturated heterocycles. The fraction of sp³-hybridized carbons (Fsp3) is 0.538. The number of hydrogen-bond donors (Lipinski definition) is 3. The van der Waals surface area contributed by atoms with Crippen LogP contribution in [0.2, 0.25) is 10.0 Å². The van der Waals surface area contributed by atoms with E-state index in [1.54, 1.807) is 18.2 Å². The quantitative estimate of drug-likeness (QED) is 0.639. The Morgan fingerprint density at radius 3 is 2.45 bits per heavy atom. The van der Waals surface area contributed by atoms with E-state index in [9.17, 15) is 10.2 Å². The zero-order valence-electron chi connectivity index (χ0n) is 11.2. The molecule has 2 unspecified atom stereocenters. The van der Waals surface area contributed by atoms with Gasteiger partial charge in [-0.1, -0.05) is 23.2 Å². The summed E-state index contributed by atoms with van der Waals surface area (Å²) in [5, 5.41) is 23.0. The van der Waals surface area contributed by atoms with Gasteiger partial charge < -0.3 is 25.0 Å². The third kappa shape index (κ3) is 6.74. The zero-order chi connectivity index (χ0) is 15.0. The molecule has 5 nitrogen and oxygen atoms in total. The molecule has 0 amide bonds. The highest BCUT2D eigenvalue weighted by atomic mass is 35.5. The van der Waals surface area contributed by atoms with E-state index in [-0.39, 0.29) is 13.2 Å². The first-order chi connectivity index (χ1) is 9.52. The highest BCUT2D eigenvalue weighted by Crippen LogP contribution is 2.27. The molecule has 0 aliphatic heterocycles. The molecule has 0 aliphatic rings. The number of methoxy groups -OCH3 is 1. The number of benzene rings is 1. The predicted molar refractivity (Wildman–Crippen MR) is 78.7 cm³/mol. The lowest BCUT2D eigenvalue weighted by atomic mass is 10.3. The van der Waals surface area contributed by atoms with Gasteiger partial charge in [-0.2, -0.15) is 0 Å². The topological polar surface area (TPSA) is 71.0 Å². The standard InChI is InChI=1S/C13H19Cl2NO4/c1-19-7-10(17)5-16-6-11(18)8-20-13-4-9(14)2-3-12(13)15/h2-4,10-11,16-18H,5-8H2,1H3. The Bertz CT molecular complexity index is 406. The maximum Gasteiger partial charge on any atom is 0.139 e. The minimum Gasteiger partial charge on any atom is -0.489 e. The second kappa shape index (κ2) is 9.39. The van der Waals surface area contributed by atoms with Gasteiger partial charge in [0.1, 0.15) is 18.5 Å². The molecule has 114 valence electrons. The molecular formula is C13H19Cl2NO4. The van der Waals surface area contributed by atoms with Crippen LogP contribution in [-0.2, 0) is 4.74 Å². The van der Waals surface area contributed by atoms with E-state index in [0.717, 1.165) is 0 Å². The number of nitrogens with one attached hydrogen (secondary N) is 1. The molecule has 2 atom stereocenters. The molecule has 0 radical (unpaired) electrons. The molecule has 20 heavy (non-hydrogen) atoms. The summed E-state index contributed by atoms with van der Waals surface area (Å²) in [6.45, 7) is 0.951. The fourth-order valence-electron chi connectivity index (χ4n) is 1.50. The number of aliphatic hydroxyl groups excluding tert-OH is 2. The summed E-state index contributed by atoms with van der Waals surface area (Å²) >= 11 is 11.8. The van der Waals surface area contributed by atoms with Crippen molar-refractivity contribution in [1.82, 2.24) is 5.32 Å². The van der Waals surface area contributed by atoms with E-state index in [0.29, 0.717) is 28.9 Å². The number of hydrogen-bond acceptors (Lipinski definition) is 5. The first kappa shape index (κ1) is 17.5. The molecule has 0 spiro atoms. The second-order valence-electron chi connectivity index (χ2n) is 4.31. The van der Waals surface area contributed by atoms with E-state index in [1.807, 2.05) is 0 Å². The van der Waals surface area contributed by atoms with E-state index < -0.39 is 12.2 Å². The van der Waals surface area contributed by atoms with Gasteiger partial charge in [0.2, 0.25) is 0 Å². The summed E-state index contributed by atoms with van der Waals surface area (Å²) in [5.74, 6) is 0.428. The van der Waals surface area contributed by atoms with Crippen LogP contribution in [0, 0.1) is 0 Å². The summed E-state index contributed by atoms with van der Waals surface area (Å²) in [7, 11) is 1.51. The van der Waals surface area contributed by atoms with Crippen molar-refractivity contribution in [3.8, 4) is 5.75 Å². The lowest BCUT2D eigenvalue weighted by molar-refractivity contribution is 0.0582. The number of halogens is 2. The van der Waals surface area contributed by atoms with Gasteiger partial charge >= 0.3 is 0 Å². The Hall–Kier alpha value is -0.560. The third-order valence-electron chi connectivity index (χ3n) is 2.44. The monoisotopic (exact) mass is 323 g/mol. The summed E-state index contributed by atoms with van der Waals surface area (Å²) < 4.78 is 10.2. The maximum atomic E-state index is 9.74. The molecule has 0 heterocycles. The van der Waals surface area contributed by atoms with Gasteiger partial charge in [0.05, 0.1) is 17.7 Å². The average molecular weight is 324 g/mol. The van der Waals surface area contributed by atoms with Crippen molar-refractivity contribution < 1.29 is 19.7 Å². The highest BCUT2D eigenvalue weighted by molar-refractivity contribution is 6.34. The fourth-order valence-corrected chi connectivity index (χ4v) is 1.83. The average Bonchev–Trinajstić information content (AvgIpc) is 2.40. The Kier molecular flexibility index (Phi) is 8.21.